The average molecular weight is 334 g/mol. The van der Waals surface area contributed by atoms with E-state index in [-0.39, 0.29) is 10.0 Å². The molecule has 0 saturated heterocycles. The van der Waals surface area contributed by atoms with Gasteiger partial charge in [-0.2, -0.15) is 0 Å². The van der Waals surface area contributed by atoms with Crippen molar-refractivity contribution in [1.29, 1.82) is 0 Å². The molecule has 0 saturated carbocycles. The van der Waals surface area contributed by atoms with E-state index >= 15 is 0 Å². The minimum Gasteiger partial charge on any atom is -0.320 e. The van der Waals surface area contributed by atoms with Crippen LogP contribution in [0.1, 0.15) is 17.2 Å². The number of rotatable bonds is 2. The fourth-order valence-corrected chi connectivity index (χ4v) is 2.31. The molecule has 19 heavy (non-hydrogen) atoms. The van der Waals surface area contributed by atoms with E-state index in [0.717, 1.165) is 18.2 Å². The molecule has 1 unspecified atom stereocenters. The van der Waals surface area contributed by atoms with Gasteiger partial charge in [0.1, 0.15) is 11.6 Å². The Balaban J connectivity index is 2.57. The van der Waals surface area contributed by atoms with Crippen LogP contribution < -0.4 is 5.73 Å². The zero-order valence-corrected chi connectivity index (χ0v) is 11.0. The standard InChI is InChI=1S/C13H8BrF4N/c14-11-6(4-5-9(17)12(11)18)13(19)10-7(15)2-1-3-8(10)16/h1-5,13H,19H2. The van der Waals surface area contributed by atoms with Crippen molar-refractivity contribution in [3.63, 3.8) is 0 Å². The highest BCUT2D eigenvalue weighted by Gasteiger charge is 2.22. The van der Waals surface area contributed by atoms with Gasteiger partial charge in [0.05, 0.1) is 10.5 Å². The maximum Gasteiger partial charge on any atom is 0.173 e. The highest BCUT2D eigenvalue weighted by molar-refractivity contribution is 9.10. The molecule has 2 N–H and O–H groups in total. The molecular formula is C13H8BrF4N. The maximum absolute atomic E-state index is 13.6. The average Bonchev–Trinajstić information content (AvgIpc) is 2.35. The van der Waals surface area contributed by atoms with Crippen molar-refractivity contribution in [3.8, 4) is 0 Å². The van der Waals surface area contributed by atoms with Crippen LogP contribution in [0, 0.1) is 23.3 Å². The first-order valence-electron chi connectivity index (χ1n) is 5.26. The first-order chi connectivity index (χ1) is 8.93. The van der Waals surface area contributed by atoms with Crippen LogP contribution in [0.25, 0.3) is 0 Å². The van der Waals surface area contributed by atoms with Crippen molar-refractivity contribution in [2.24, 2.45) is 5.73 Å². The molecule has 0 radical (unpaired) electrons. The Bertz CT molecular complexity index is 610. The van der Waals surface area contributed by atoms with E-state index < -0.39 is 34.9 Å². The van der Waals surface area contributed by atoms with Crippen LogP contribution in [0.15, 0.2) is 34.8 Å². The van der Waals surface area contributed by atoms with Crippen molar-refractivity contribution in [3.05, 3.63) is 69.2 Å². The summed E-state index contributed by atoms with van der Waals surface area (Å²) >= 11 is 2.84. The van der Waals surface area contributed by atoms with Gasteiger partial charge in [-0.25, -0.2) is 17.6 Å². The van der Waals surface area contributed by atoms with Gasteiger partial charge in [0.25, 0.3) is 0 Å². The molecule has 0 amide bonds. The van der Waals surface area contributed by atoms with Gasteiger partial charge in [-0.1, -0.05) is 12.1 Å². The Morgan fingerprint density at radius 1 is 0.895 bits per heavy atom. The van der Waals surface area contributed by atoms with Crippen molar-refractivity contribution in [1.82, 2.24) is 0 Å². The van der Waals surface area contributed by atoms with Crippen LogP contribution in [0.4, 0.5) is 17.6 Å². The Hall–Kier alpha value is -1.40. The molecule has 0 aliphatic heterocycles. The van der Waals surface area contributed by atoms with Gasteiger partial charge in [-0.15, -0.1) is 0 Å². The molecule has 0 spiro atoms. The van der Waals surface area contributed by atoms with Gasteiger partial charge in [0, 0.05) is 5.56 Å². The molecule has 0 heterocycles. The van der Waals surface area contributed by atoms with Crippen molar-refractivity contribution in [2.75, 3.05) is 0 Å². The summed E-state index contributed by atoms with van der Waals surface area (Å²) in [5, 5.41) is 0. The molecule has 2 aromatic rings. The Kier molecular flexibility index (Phi) is 3.91. The Morgan fingerprint density at radius 3 is 2.05 bits per heavy atom. The first kappa shape index (κ1) is 14.0. The monoisotopic (exact) mass is 333 g/mol. The minimum absolute atomic E-state index is 0.0582. The van der Waals surface area contributed by atoms with E-state index in [1.165, 1.54) is 12.1 Å². The number of benzene rings is 2. The van der Waals surface area contributed by atoms with Gasteiger partial charge < -0.3 is 5.73 Å². The normalized spacial score (nSPS) is 12.5. The molecule has 2 aromatic carbocycles. The lowest BCUT2D eigenvalue weighted by Crippen LogP contribution is -2.17. The SMILES string of the molecule is NC(c1ccc(F)c(F)c1Br)c1c(F)cccc1F. The Labute approximate surface area is 115 Å². The summed E-state index contributed by atoms with van der Waals surface area (Å²) in [5.74, 6) is -3.91. The second-order valence-corrected chi connectivity index (χ2v) is 4.67. The fraction of sp³-hybridized carbons (Fsp3) is 0.0769. The molecule has 0 aliphatic carbocycles. The third kappa shape index (κ3) is 2.50. The number of hydrogen-bond acceptors (Lipinski definition) is 1. The van der Waals surface area contributed by atoms with Crippen LogP contribution in [-0.4, -0.2) is 0 Å². The van der Waals surface area contributed by atoms with E-state index in [4.69, 9.17) is 5.73 Å². The van der Waals surface area contributed by atoms with E-state index in [2.05, 4.69) is 15.9 Å². The molecular weight excluding hydrogens is 326 g/mol. The van der Waals surface area contributed by atoms with Crippen molar-refractivity contribution < 1.29 is 17.6 Å². The van der Waals surface area contributed by atoms with Crippen LogP contribution >= 0.6 is 15.9 Å². The summed E-state index contributed by atoms with van der Waals surface area (Å²) in [4.78, 5) is 0. The van der Waals surface area contributed by atoms with Gasteiger partial charge in [0.2, 0.25) is 0 Å². The quantitative estimate of drug-likeness (QED) is 0.651. The van der Waals surface area contributed by atoms with Gasteiger partial charge in [0.15, 0.2) is 11.6 Å². The molecule has 0 fully saturated rings. The lowest BCUT2D eigenvalue weighted by molar-refractivity contribution is 0.499. The molecule has 0 aliphatic rings. The zero-order chi connectivity index (χ0) is 14.2. The minimum atomic E-state index is -1.24. The number of hydrogen-bond donors (Lipinski definition) is 1. The smallest absolute Gasteiger partial charge is 0.173 e. The summed E-state index contributed by atoms with van der Waals surface area (Å²) in [5.41, 5.74) is 5.40. The summed E-state index contributed by atoms with van der Waals surface area (Å²) in [6.07, 6.45) is 0. The molecule has 100 valence electrons. The predicted octanol–water partition coefficient (Wildman–Crippen LogP) is 4.05. The molecule has 1 nitrogen and oxygen atoms in total. The molecule has 2 rings (SSSR count). The van der Waals surface area contributed by atoms with Gasteiger partial charge >= 0.3 is 0 Å². The highest BCUT2D eigenvalue weighted by Crippen LogP contribution is 2.32. The van der Waals surface area contributed by atoms with Crippen molar-refractivity contribution in [2.45, 2.75) is 6.04 Å². The van der Waals surface area contributed by atoms with E-state index in [0.29, 0.717) is 0 Å². The van der Waals surface area contributed by atoms with E-state index in [1.807, 2.05) is 0 Å². The highest BCUT2D eigenvalue weighted by atomic mass is 79.9. The van der Waals surface area contributed by atoms with Crippen LogP contribution in [0.2, 0.25) is 0 Å². The van der Waals surface area contributed by atoms with E-state index in [1.54, 1.807) is 0 Å². The van der Waals surface area contributed by atoms with Crippen LogP contribution in [0.5, 0.6) is 0 Å². The summed E-state index contributed by atoms with van der Waals surface area (Å²) in [7, 11) is 0. The predicted molar refractivity (Wildman–Crippen MR) is 66.4 cm³/mol. The Morgan fingerprint density at radius 2 is 1.47 bits per heavy atom. The summed E-state index contributed by atoms with van der Waals surface area (Å²) in [6, 6.07) is 4.08. The second kappa shape index (κ2) is 5.30. The fourth-order valence-electron chi connectivity index (χ4n) is 1.74. The van der Waals surface area contributed by atoms with E-state index in [9.17, 15) is 17.6 Å². The largest absolute Gasteiger partial charge is 0.320 e. The zero-order valence-electron chi connectivity index (χ0n) is 9.43. The van der Waals surface area contributed by atoms with Crippen LogP contribution in [0.3, 0.4) is 0 Å². The number of halogens is 5. The third-order valence-corrected chi connectivity index (χ3v) is 3.52. The molecule has 0 bridgehead atoms. The molecule has 1 atom stereocenters. The van der Waals surface area contributed by atoms with Crippen molar-refractivity contribution >= 4 is 15.9 Å². The lowest BCUT2D eigenvalue weighted by Gasteiger charge is -2.16. The first-order valence-corrected chi connectivity index (χ1v) is 6.05. The van der Waals surface area contributed by atoms with Gasteiger partial charge in [-0.05, 0) is 39.7 Å². The maximum atomic E-state index is 13.6. The lowest BCUT2D eigenvalue weighted by atomic mass is 9.98. The second-order valence-electron chi connectivity index (χ2n) is 3.88. The number of nitrogens with two attached hydrogens (primary N) is 1. The van der Waals surface area contributed by atoms with Gasteiger partial charge in [-0.3, -0.25) is 0 Å². The third-order valence-electron chi connectivity index (χ3n) is 2.71. The molecule has 0 aromatic heterocycles. The molecule has 6 heteroatoms. The summed E-state index contributed by atoms with van der Waals surface area (Å²) < 4.78 is 53.3. The van der Waals surface area contributed by atoms with Crippen LogP contribution in [-0.2, 0) is 0 Å². The summed E-state index contributed by atoms with van der Waals surface area (Å²) in [6.45, 7) is 0. The topological polar surface area (TPSA) is 26.0 Å².